The van der Waals surface area contributed by atoms with E-state index in [0.717, 1.165) is 12.1 Å². The summed E-state index contributed by atoms with van der Waals surface area (Å²) in [6, 6.07) is 7.93. The Morgan fingerprint density at radius 3 is 2.65 bits per heavy atom. The molecule has 1 aromatic rings. The summed E-state index contributed by atoms with van der Waals surface area (Å²) in [7, 11) is 0. The van der Waals surface area contributed by atoms with E-state index in [0.29, 0.717) is 0 Å². The van der Waals surface area contributed by atoms with E-state index in [-0.39, 0.29) is 24.0 Å². The summed E-state index contributed by atoms with van der Waals surface area (Å²) in [5.41, 5.74) is 7.60. The predicted octanol–water partition coefficient (Wildman–Crippen LogP) is 1.89. The highest BCUT2D eigenvalue weighted by Crippen LogP contribution is 2.10. The lowest BCUT2D eigenvalue weighted by Gasteiger charge is -2.19. The average molecular weight is 276 g/mol. The van der Waals surface area contributed by atoms with Gasteiger partial charge >= 0.3 is 0 Å². The van der Waals surface area contributed by atoms with Gasteiger partial charge in [-0.1, -0.05) is 19.1 Å². The summed E-state index contributed by atoms with van der Waals surface area (Å²) in [5.74, 6) is 0.0897. The molecule has 1 rings (SSSR count). The van der Waals surface area contributed by atoms with Gasteiger partial charge in [0, 0.05) is 11.2 Å². The lowest BCUT2D eigenvalue weighted by Crippen LogP contribution is -2.42. The highest BCUT2D eigenvalue weighted by atomic mass is 16.2. The molecule has 0 heterocycles. The first kappa shape index (κ1) is 16.0. The number of carbonyl (C=O) groups is 1. The maximum atomic E-state index is 11.6. The molecule has 5 heteroatoms. The predicted molar refractivity (Wildman–Crippen MR) is 83.8 cm³/mol. The summed E-state index contributed by atoms with van der Waals surface area (Å²) in [6.45, 7) is 7.88. The normalized spacial score (nSPS) is 12.1. The van der Waals surface area contributed by atoms with E-state index >= 15 is 0 Å². The van der Waals surface area contributed by atoms with E-state index < -0.39 is 0 Å². The Morgan fingerprint density at radius 2 is 2.05 bits per heavy atom. The third-order valence-electron chi connectivity index (χ3n) is 2.52. The first-order chi connectivity index (χ1) is 9.30. The van der Waals surface area contributed by atoms with Gasteiger partial charge in [0.05, 0.1) is 0 Å². The number of amides is 1. The van der Waals surface area contributed by atoms with E-state index in [1.165, 1.54) is 5.56 Å². The number of rotatable bonds is 4. The van der Waals surface area contributed by atoms with E-state index in [2.05, 4.69) is 28.6 Å². The molecule has 1 aromatic carbocycles. The SMILES string of the molecule is CCc1cccc(NC(N)=NCC(=O)NC(C)(C)C)c1. The highest BCUT2D eigenvalue weighted by molar-refractivity contribution is 5.94. The molecule has 0 aliphatic carbocycles. The molecule has 110 valence electrons. The van der Waals surface area contributed by atoms with E-state index in [4.69, 9.17) is 5.73 Å². The van der Waals surface area contributed by atoms with Crippen molar-refractivity contribution in [2.75, 3.05) is 11.9 Å². The number of aryl methyl sites for hydroxylation is 1. The van der Waals surface area contributed by atoms with Crippen molar-refractivity contribution in [1.82, 2.24) is 5.32 Å². The number of aliphatic imine (C=N–C) groups is 1. The fraction of sp³-hybridized carbons (Fsp3) is 0.467. The van der Waals surface area contributed by atoms with Gasteiger partial charge < -0.3 is 16.4 Å². The van der Waals surface area contributed by atoms with Crippen molar-refractivity contribution in [2.45, 2.75) is 39.7 Å². The molecule has 0 saturated carbocycles. The zero-order valence-electron chi connectivity index (χ0n) is 12.7. The molecule has 0 spiro atoms. The van der Waals surface area contributed by atoms with E-state index in [1.807, 2.05) is 39.0 Å². The van der Waals surface area contributed by atoms with Crippen LogP contribution in [0.25, 0.3) is 0 Å². The Kier molecular flexibility index (Phi) is 5.55. The van der Waals surface area contributed by atoms with Crippen molar-refractivity contribution >= 4 is 17.6 Å². The second-order valence-electron chi connectivity index (χ2n) is 5.68. The largest absolute Gasteiger partial charge is 0.370 e. The molecule has 0 atom stereocenters. The number of nitrogens with zero attached hydrogens (tertiary/aromatic N) is 1. The Balaban J connectivity index is 2.55. The van der Waals surface area contributed by atoms with Gasteiger partial charge in [0.1, 0.15) is 6.54 Å². The van der Waals surface area contributed by atoms with Crippen molar-refractivity contribution in [3.8, 4) is 0 Å². The molecule has 1 amide bonds. The summed E-state index contributed by atoms with van der Waals surface area (Å²) in [4.78, 5) is 15.6. The van der Waals surface area contributed by atoms with Gasteiger partial charge in [-0.15, -0.1) is 0 Å². The molecule has 4 N–H and O–H groups in total. The maximum Gasteiger partial charge on any atom is 0.242 e. The minimum atomic E-state index is -0.260. The minimum absolute atomic E-state index is 0.0174. The average Bonchev–Trinajstić information content (AvgIpc) is 2.34. The van der Waals surface area contributed by atoms with Crippen LogP contribution in [-0.2, 0) is 11.2 Å². The van der Waals surface area contributed by atoms with Crippen molar-refractivity contribution < 1.29 is 4.79 Å². The molecule has 0 unspecified atom stereocenters. The summed E-state index contributed by atoms with van der Waals surface area (Å²) >= 11 is 0. The molecule has 0 radical (unpaired) electrons. The number of hydrogen-bond donors (Lipinski definition) is 3. The fourth-order valence-electron chi connectivity index (χ4n) is 1.67. The lowest BCUT2D eigenvalue weighted by molar-refractivity contribution is -0.121. The van der Waals surface area contributed by atoms with Crippen LogP contribution in [0.4, 0.5) is 5.69 Å². The van der Waals surface area contributed by atoms with Crippen molar-refractivity contribution in [2.24, 2.45) is 10.7 Å². The quantitative estimate of drug-likeness (QED) is 0.580. The van der Waals surface area contributed by atoms with Crippen LogP contribution < -0.4 is 16.4 Å². The Labute approximate surface area is 120 Å². The zero-order chi connectivity index (χ0) is 15.2. The van der Waals surface area contributed by atoms with Gasteiger partial charge in [0.2, 0.25) is 5.91 Å². The Hall–Kier alpha value is -2.04. The van der Waals surface area contributed by atoms with Gasteiger partial charge in [-0.2, -0.15) is 0 Å². The van der Waals surface area contributed by atoms with Crippen LogP contribution in [-0.4, -0.2) is 24.0 Å². The van der Waals surface area contributed by atoms with Crippen LogP contribution in [0.3, 0.4) is 0 Å². The molecular formula is C15H24N4O. The summed E-state index contributed by atoms with van der Waals surface area (Å²) < 4.78 is 0. The van der Waals surface area contributed by atoms with Crippen LogP contribution in [0, 0.1) is 0 Å². The number of hydrogen-bond acceptors (Lipinski definition) is 2. The highest BCUT2D eigenvalue weighted by Gasteiger charge is 2.12. The van der Waals surface area contributed by atoms with Crippen molar-refractivity contribution in [3.63, 3.8) is 0 Å². The number of anilines is 1. The standard InChI is InChI=1S/C15H24N4O/c1-5-11-7-6-8-12(9-11)18-14(16)17-10-13(20)19-15(2,3)4/h6-9H,5,10H2,1-4H3,(H,19,20)(H3,16,17,18). The van der Waals surface area contributed by atoms with Crippen LogP contribution in [0.5, 0.6) is 0 Å². The zero-order valence-corrected chi connectivity index (χ0v) is 12.7. The molecule has 0 fully saturated rings. The number of benzene rings is 1. The second kappa shape index (κ2) is 6.93. The molecule has 0 aliphatic heterocycles. The van der Waals surface area contributed by atoms with Gasteiger partial charge in [0.25, 0.3) is 0 Å². The third-order valence-corrected chi connectivity index (χ3v) is 2.52. The molecule has 0 aromatic heterocycles. The topological polar surface area (TPSA) is 79.5 Å². The smallest absolute Gasteiger partial charge is 0.242 e. The van der Waals surface area contributed by atoms with Gasteiger partial charge in [-0.05, 0) is 44.9 Å². The van der Waals surface area contributed by atoms with E-state index in [1.54, 1.807) is 0 Å². The van der Waals surface area contributed by atoms with Crippen molar-refractivity contribution in [1.29, 1.82) is 0 Å². The van der Waals surface area contributed by atoms with Gasteiger partial charge in [0.15, 0.2) is 5.96 Å². The molecule has 0 aliphatic rings. The monoisotopic (exact) mass is 276 g/mol. The van der Waals surface area contributed by atoms with Crippen molar-refractivity contribution in [3.05, 3.63) is 29.8 Å². The van der Waals surface area contributed by atoms with Gasteiger partial charge in [-0.3, -0.25) is 4.79 Å². The Morgan fingerprint density at radius 1 is 1.35 bits per heavy atom. The first-order valence-corrected chi connectivity index (χ1v) is 6.77. The third kappa shape index (κ3) is 6.22. The number of carbonyl (C=O) groups excluding carboxylic acids is 1. The maximum absolute atomic E-state index is 11.6. The molecule has 5 nitrogen and oxygen atoms in total. The van der Waals surface area contributed by atoms with Crippen LogP contribution in [0.2, 0.25) is 0 Å². The first-order valence-electron chi connectivity index (χ1n) is 6.77. The minimum Gasteiger partial charge on any atom is -0.370 e. The molecule has 0 saturated heterocycles. The van der Waals surface area contributed by atoms with Crippen LogP contribution in [0.15, 0.2) is 29.3 Å². The molecule has 20 heavy (non-hydrogen) atoms. The van der Waals surface area contributed by atoms with Crippen LogP contribution >= 0.6 is 0 Å². The summed E-state index contributed by atoms with van der Waals surface area (Å²) in [5, 5.41) is 5.81. The molecule has 0 bridgehead atoms. The lowest BCUT2D eigenvalue weighted by atomic mass is 10.1. The van der Waals surface area contributed by atoms with Gasteiger partial charge in [-0.25, -0.2) is 4.99 Å². The summed E-state index contributed by atoms with van der Waals surface area (Å²) in [6.07, 6.45) is 0.959. The number of guanidine groups is 1. The second-order valence-corrected chi connectivity index (χ2v) is 5.68. The number of nitrogens with two attached hydrogens (primary N) is 1. The number of nitrogens with one attached hydrogen (secondary N) is 2. The fourth-order valence-corrected chi connectivity index (χ4v) is 1.67. The molecular weight excluding hydrogens is 252 g/mol. The van der Waals surface area contributed by atoms with Crippen LogP contribution in [0.1, 0.15) is 33.3 Å². The Bertz CT molecular complexity index is 489. The van der Waals surface area contributed by atoms with E-state index in [9.17, 15) is 4.79 Å².